The molecule has 1 amide bonds. The largest absolute Gasteiger partial charge is 0.481 e. The van der Waals surface area contributed by atoms with E-state index < -0.39 is 0 Å². The number of methoxy groups -OCH3 is 1. The van der Waals surface area contributed by atoms with Gasteiger partial charge in [-0.3, -0.25) is 9.78 Å². The Morgan fingerprint density at radius 3 is 3.14 bits per heavy atom. The third-order valence-corrected chi connectivity index (χ3v) is 6.19. The molecule has 5 rings (SSSR count). The normalized spacial score (nSPS) is 30.3. The zero-order valence-corrected chi connectivity index (χ0v) is 15.6. The van der Waals surface area contributed by atoms with Crippen LogP contribution in [0.4, 0.5) is 5.95 Å². The summed E-state index contributed by atoms with van der Waals surface area (Å²) in [4.78, 5) is 31.4. The van der Waals surface area contributed by atoms with Crippen LogP contribution in [0.1, 0.15) is 23.3 Å². The molecular weight excluding hydrogens is 360 g/mol. The van der Waals surface area contributed by atoms with Crippen LogP contribution in [0.3, 0.4) is 0 Å². The van der Waals surface area contributed by atoms with E-state index in [2.05, 4.69) is 30.2 Å². The van der Waals surface area contributed by atoms with E-state index in [9.17, 15) is 4.79 Å². The Morgan fingerprint density at radius 2 is 2.32 bits per heavy atom. The lowest BCUT2D eigenvalue weighted by atomic mass is 9.73. The van der Waals surface area contributed by atoms with Crippen molar-refractivity contribution in [2.45, 2.75) is 24.5 Å². The van der Waals surface area contributed by atoms with Gasteiger partial charge in [-0.05, 0) is 12.8 Å². The number of carbonyl (C=O) groups excluding carboxylic acids is 1. The number of fused-ring (bicyclic) bond motifs is 1. The van der Waals surface area contributed by atoms with Gasteiger partial charge < -0.3 is 19.7 Å². The molecular formula is C19H22N6O3. The van der Waals surface area contributed by atoms with Gasteiger partial charge in [0.25, 0.3) is 5.91 Å². The van der Waals surface area contributed by atoms with Crippen LogP contribution >= 0.6 is 0 Å². The van der Waals surface area contributed by atoms with Crippen LogP contribution in [-0.2, 0) is 4.74 Å². The van der Waals surface area contributed by atoms with Crippen molar-refractivity contribution >= 4 is 11.9 Å². The maximum Gasteiger partial charge on any atom is 0.271 e. The lowest BCUT2D eigenvalue weighted by molar-refractivity contribution is 0.0141. The summed E-state index contributed by atoms with van der Waals surface area (Å²) in [5.41, 5.74) is 0.165. The van der Waals surface area contributed by atoms with Gasteiger partial charge in [0, 0.05) is 49.6 Å². The molecule has 3 aliphatic rings. The Morgan fingerprint density at radius 1 is 1.39 bits per heavy atom. The zero-order chi connectivity index (χ0) is 19.1. The number of nitrogens with zero attached hydrogens (tertiary/aromatic N) is 5. The van der Waals surface area contributed by atoms with Crippen LogP contribution in [0.15, 0.2) is 30.9 Å². The second-order valence-corrected chi connectivity index (χ2v) is 7.61. The Bertz CT molecular complexity index is 881. The number of nitrogens with one attached hydrogen (secondary N) is 1. The van der Waals surface area contributed by atoms with Crippen LogP contribution in [-0.4, -0.2) is 64.3 Å². The summed E-state index contributed by atoms with van der Waals surface area (Å²) >= 11 is 0. The summed E-state index contributed by atoms with van der Waals surface area (Å²) in [5.74, 6) is 1.62. The first-order valence-electron chi connectivity index (χ1n) is 9.52. The Labute approximate surface area is 162 Å². The lowest BCUT2D eigenvalue weighted by Gasteiger charge is -2.29. The van der Waals surface area contributed by atoms with E-state index >= 15 is 0 Å². The number of rotatable bonds is 5. The summed E-state index contributed by atoms with van der Waals surface area (Å²) in [5, 5.41) is 3.02. The fourth-order valence-electron chi connectivity index (χ4n) is 4.93. The highest BCUT2D eigenvalue weighted by atomic mass is 16.5. The number of amides is 1. The summed E-state index contributed by atoms with van der Waals surface area (Å²) in [6.45, 7) is 2.16. The molecule has 3 aliphatic heterocycles. The molecule has 0 saturated carbocycles. The fraction of sp³-hybridized carbons (Fsp3) is 0.526. The standard InChI is InChI=1S/C19H22N6O3/c1-27-16-3-5-22-18(24-16)25-10-13-12(15-2-4-19(13,11-25)28-15)8-23-17(26)14-9-20-6-7-21-14/h3,5-7,9,12-13,15H,2,4,8,10-11H2,1H3,(H,23,26)/t12-,13+,15+,19+/m0/s1. The highest BCUT2D eigenvalue weighted by molar-refractivity contribution is 5.91. The van der Waals surface area contributed by atoms with Crippen LogP contribution in [0.5, 0.6) is 5.88 Å². The van der Waals surface area contributed by atoms with E-state index in [4.69, 9.17) is 9.47 Å². The highest BCUT2D eigenvalue weighted by Crippen LogP contribution is 2.55. The maximum absolute atomic E-state index is 12.4. The molecule has 0 aliphatic carbocycles. The quantitative estimate of drug-likeness (QED) is 0.806. The van der Waals surface area contributed by atoms with Gasteiger partial charge >= 0.3 is 0 Å². The molecule has 0 unspecified atom stereocenters. The molecule has 2 aromatic rings. The molecule has 9 nitrogen and oxygen atoms in total. The number of ether oxygens (including phenoxy) is 2. The Balaban J connectivity index is 1.30. The molecule has 5 heterocycles. The molecule has 2 bridgehead atoms. The SMILES string of the molecule is COc1ccnc(N2C[C@@H]3[C@H](CNC(=O)c4cnccn4)[C@H]4CC[C@]3(C2)O4)n1. The number of carbonyl (C=O) groups is 1. The molecule has 3 fully saturated rings. The molecule has 1 spiro atoms. The van der Waals surface area contributed by atoms with Crippen molar-refractivity contribution in [3.8, 4) is 5.88 Å². The molecule has 0 aromatic carbocycles. The van der Waals surface area contributed by atoms with E-state index in [0.717, 1.165) is 25.9 Å². The van der Waals surface area contributed by atoms with E-state index in [-0.39, 0.29) is 23.5 Å². The average molecular weight is 382 g/mol. The van der Waals surface area contributed by atoms with Gasteiger partial charge in [0.15, 0.2) is 0 Å². The molecule has 146 valence electrons. The highest BCUT2D eigenvalue weighted by Gasteiger charge is 2.63. The smallest absolute Gasteiger partial charge is 0.271 e. The topological polar surface area (TPSA) is 102 Å². The number of hydrogen-bond acceptors (Lipinski definition) is 8. The summed E-state index contributed by atoms with van der Waals surface area (Å²) in [6, 6.07) is 1.74. The first-order chi connectivity index (χ1) is 13.7. The van der Waals surface area contributed by atoms with E-state index in [1.54, 1.807) is 25.6 Å². The molecule has 9 heteroatoms. The first-order valence-corrected chi connectivity index (χ1v) is 9.52. The number of hydrogen-bond donors (Lipinski definition) is 1. The van der Waals surface area contributed by atoms with Crippen molar-refractivity contribution in [1.29, 1.82) is 0 Å². The van der Waals surface area contributed by atoms with Gasteiger partial charge in [0.2, 0.25) is 11.8 Å². The first kappa shape index (κ1) is 17.3. The predicted octanol–water partition coefficient (Wildman–Crippen LogP) is 0.689. The van der Waals surface area contributed by atoms with Gasteiger partial charge in [-0.15, -0.1) is 0 Å². The van der Waals surface area contributed by atoms with Crippen LogP contribution in [0.25, 0.3) is 0 Å². The second kappa shape index (κ2) is 6.66. The minimum absolute atomic E-state index is 0.168. The van der Waals surface area contributed by atoms with Gasteiger partial charge in [0.1, 0.15) is 5.69 Å². The third kappa shape index (κ3) is 2.77. The molecule has 2 aromatic heterocycles. The summed E-state index contributed by atoms with van der Waals surface area (Å²) in [7, 11) is 1.60. The van der Waals surface area contributed by atoms with Crippen molar-refractivity contribution in [2.75, 3.05) is 31.6 Å². The van der Waals surface area contributed by atoms with Crippen LogP contribution in [0.2, 0.25) is 0 Å². The van der Waals surface area contributed by atoms with Crippen molar-refractivity contribution in [3.63, 3.8) is 0 Å². The Hall–Kier alpha value is -2.81. The van der Waals surface area contributed by atoms with Gasteiger partial charge in [-0.2, -0.15) is 4.98 Å². The lowest BCUT2D eigenvalue weighted by Crippen LogP contribution is -2.42. The summed E-state index contributed by atoms with van der Waals surface area (Å²) < 4.78 is 11.7. The molecule has 28 heavy (non-hydrogen) atoms. The average Bonchev–Trinajstić information content (AvgIpc) is 3.41. The van der Waals surface area contributed by atoms with E-state index in [1.807, 2.05) is 0 Å². The molecule has 3 saturated heterocycles. The zero-order valence-electron chi connectivity index (χ0n) is 15.6. The fourth-order valence-corrected chi connectivity index (χ4v) is 4.93. The van der Waals surface area contributed by atoms with Crippen molar-refractivity contribution in [3.05, 3.63) is 36.5 Å². The third-order valence-electron chi connectivity index (χ3n) is 6.19. The van der Waals surface area contributed by atoms with Crippen LogP contribution < -0.4 is 15.0 Å². The minimum atomic E-state index is -0.198. The monoisotopic (exact) mass is 382 g/mol. The second-order valence-electron chi connectivity index (χ2n) is 7.61. The van der Waals surface area contributed by atoms with E-state index in [0.29, 0.717) is 30.0 Å². The minimum Gasteiger partial charge on any atom is -0.481 e. The Kier molecular flexibility index (Phi) is 4.12. The number of anilines is 1. The van der Waals surface area contributed by atoms with Crippen LogP contribution in [0, 0.1) is 11.8 Å². The van der Waals surface area contributed by atoms with Crippen molar-refractivity contribution < 1.29 is 14.3 Å². The van der Waals surface area contributed by atoms with Gasteiger partial charge in [0.05, 0.1) is 31.6 Å². The number of aromatic nitrogens is 4. The maximum atomic E-state index is 12.4. The molecule has 1 N–H and O–H groups in total. The van der Waals surface area contributed by atoms with Crippen molar-refractivity contribution in [2.24, 2.45) is 11.8 Å². The predicted molar refractivity (Wildman–Crippen MR) is 99.0 cm³/mol. The molecule has 0 radical (unpaired) electrons. The van der Waals surface area contributed by atoms with Crippen molar-refractivity contribution in [1.82, 2.24) is 25.3 Å². The van der Waals surface area contributed by atoms with E-state index in [1.165, 1.54) is 12.4 Å². The van der Waals surface area contributed by atoms with Gasteiger partial charge in [-0.25, -0.2) is 9.97 Å². The summed E-state index contributed by atoms with van der Waals surface area (Å²) in [6.07, 6.45) is 8.52. The van der Waals surface area contributed by atoms with Gasteiger partial charge in [-0.1, -0.05) is 0 Å². The molecule has 4 atom stereocenters.